The van der Waals surface area contributed by atoms with Crippen LogP contribution in [-0.4, -0.2) is 64.2 Å². The maximum absolute atomic E-state index is 6.57. The van der Waals surface area contributed by atoms with Crippen LogP contribution in [0.15, 0.2) is 23.8 Å². The molecular weight excluding hydrogens is 651 g/mol. The Bertz CT molecular complexity index is 1050. The zero-order chi connectivity index (χ0) is 38.1. The van der Waals surface area contributed by atoms with Crippen LogP contribution in [0.4, 0.5) is 0 Å². The molecule has 4 nitrogen and oxygen atoms in total. The molecule has 0 bridgehead atoms. The number of ether oxygens (including phenoxy) is 3. The first-order valence-corrected chi connectivity index (χ1v) is 23.4. The normalized spacial score (nSPS) is 31.1. The van der Waals surface area contributed by atoms with Gasteiger partial charge in [-0.15, -0.1) is 0 Å². The van der Waals surface area contributed by atoms with Crippen LogP contribution >= 0.6 is 0 Å². The molecule has 0 heterocycles. The van der Waals surface area contributed by atoms with Gasteiger partial charge in [-0.05, 0) is 150 Å². The van der Waals surface area contributed by atoms with E-state index < -0.39 is 0 Å². The van der Waals surface area contributed by atoms with E-state index in [1.54, 1.807) is 5.57 Å². The molecular formula is C49H89NO3. The van der Waals surface area contributed by atoms with Gasteiger partial charge in [0.2, 0.25) is 0 Å². The monoisotopic (exact) mass is 740 g/mol. The van der Waals surface area contributed by atoms with Gasteiger partial charge >= 0.3 is 0 Å². The van der Waals surface area contributed by atoms with Crippen molar-refractivity contribution in [1.29, 1.82) is 0 Å². The average Bonchev–Trinajstić information content (AvgIpc) is 3.49. The Labute approximate surface area is 330 Å². The number of likely N-dealkylation sites (N-methyl/N-ethyl adjacent to an activating group) is 1. The fourth-order valence-corrected chi connectivity index (χ4v) is 11.7. The van der Waals surface area contributed by atoms with Gasteiger partial charge < -0.3 is 19.1 Å². The fourth-order valence-electron chi connectivity index (χ4n) is 11.7. The molecule has 3 saturated carbocycles. The topological polar surface area (TPSA) is 30.9 Å². The molecule has 4 aliphatic carbocycles. The van der Waals surface area contributed by atoms with E-state index in [0.717, 1.165) is 87.8 Å². The van der Waals surface area contributed by atoms with Crippen molar-refractivity contribution in [3.63, 3.8) is 0 Å². The van der Waals surface area contributed by atoms with Crippen LogP contribution < -0.4 is 0 Å². The minimum atomic E-state index is 0.330. The zero-order valence-electron chi connectivity index (χ0n) is 36.6. The highest BCUT2D eigenvalue weighted by Crippen LogP contribution is 2.67. The molecule has 4 aliphatic rings. The lowest BCUT2D eigenvalue weighted by Crippen LogP contribution is -2.51. The van der Waals surface area contributed by atoms with Gasteiger partial charge in [-0.1, -0.05) is 117 Å². The van der Waals surface area contributed by atoms with E-state index in [-0.39, 0.29) is 0 Å². The van der Waals surface area contributed by atoms with Crippen LogP contribution in [0.25, 0.3) is 0 Å². The molecule has 0 spiro atoms. The van der Waals surface area contributed by atoms with E-state index in [0.29, 0.717) is 23.0 Å². The minimum Gasteiger partial charge on any atom is -0.380 e. The van der Waals surface area contributed by atoms with Crippen LogP contribution in [0.2, 0.25) is 0 Å². The summed E-state index contributed by atoms with van der Waals surface area (Å²) in [5, 5.41) is 0. The third-order valence-electron chi connectivity index (χ3n) is 15.2. The second kappa shape index (κ2) is 23.5. The number of fused-ring (bicyclic) bond motifs is 5. The van der Waals surface area contributed by atoms with Crippen LogP contribution in [0.3, 0.4) is 0 Å². The molecule has 0 aromatic rings. The lowest BCUT2D eigenvalue weighted by atomic mass is 9.47. The molecule has 0 N–H and O–H groups in total. The Balaban J connectivity index is 1.05. The fraction of sp³-hybridized carbons (Fsp3) is 0.918. The molecule has 9 atom stereocenters. The predicted molar refractivity (Wildman–Crippen MR) is 227 cm³/mol. The number of rotatable bonds is 27. The molecule has 3 fully saturated rings. The van der Waals surface area contributed by atoms with Crippen molar-refractivity contribution in [3.8, 4) is 0 Å². The first-order valence-electron chi connectivity index (χ1n) is 23.4. The van der Waals surface area contributed by atoms with Crippen molar-refractivity contribution in [3.05, 3.63) is 23.8 Å². The molecule has 0 amide bonds. The predicted octanol–water partition coefficient (Wildman–Crippen LogP) is 13.2. The van der Waals surface area contributed by atoms with Crippen molar-refractivity contribution in [2.75, 3.05) is 47.1 Å². The first-order chi connectivity index (χ1) is 25.6. The standard InChI is InChI=1S/C49H89NO3/c1-9-10-11-12-13-14-16-19-33-51-37-42(50(7)8)38-52-34-20-17-15-18-21-35-53-43-29-31-48(5)41(36-43)25-26-44-46-28-27-45(40(4)24-22-23-39(2)3)49(46,6)32-30-47(44)48/h13-14,25,39-40,42-47H,9-12,15-24,26-38H2,1-8H3/b14-13-/t40?,42?,43-,44-,45+,46-,47-,48-,49+/m0/s1. The smallest absolute Gasteiger partial charge is 0.0644 e. The molecule has 0 aromatic carbocycles. The highest BCUT2D eigenvalue weighted by atomic mass is 16.5. The van der Waals surface area contributed by atoms with E-state index >= 15 is 0 Å². The molecule has 4 rings (SSSR count). The molecule has 0 aliphatic heterocycles. The Morgan fingerprint density at radius 3 is 2.17 bits per heavy atom. The summed E-state index contributed by atoms with van der Waals surface area (Å²) in [5.41, 5.74) is 2.79. The number of hydrogen-bond acceptors (Lipinski definition) is 4. The van der Waals surface area contributed by atoms with Gasteiger partial charge in [-0.25, -0.2) is 0 Å². The Hall–Kier alpha value is -0.680. The summed E-state index contributed by atoms with van der Waals surface area (Å²) in [6.07, 6.45) is 36.8. The van der Waals surface area contributed by atoms with Crippen LogP contribution in [0, 0.1) is 46.3 Å². The molecule has 0 saturated heterocycles. The lowest BCUT2D eigenvalue weighted by molar-refractivity contribution is -0.0641. The first kappa shape index (κ1) is 45.0. The minimum absolute atomic E-state index is 0.330. The number of nitrogens with zero attached hydrogens (tertiary/aromatic N) is 1. The van der Waals surface area contributed by atoms with E-state index in [1.807, 2.05) is 0 Å². The number of unbranched alkanes of at least 4 members (excludes halogenated alkanes) is 8. The summed E-state index contributed by atoms with van der Waals surface area (Å²) >= 11 is 0. The Morgan fingerprint density at radius 1 is 0.755 bits per heavy atom. The van der Waals surface area contributed by atoms with Crippen molar-refractivity contribution in [2.24, 2.45) is 46.3 Å². The molecule has 2 unspecified atom stereocenters. The van der Waals surface area contributed by atoms with Gasteiger partial charge in [0.25, 0.3) is 0 Å². The summed E-state index contributed by atoms with van der Waals surface area (Å²) in [6, 6.07) is 0.330. The highest BCUT2D eigenvalue weighted by Gasteiger charge is 2.59. The molecule has 0 aromatic heterocycles. The Morgan fingerprint density at radius 2 is 1.45 bits per heavy atom. The maximum Gasteiger partial charge on any atom is 0.0644 e. The molecule has 53 heavy (non-hydrogen) atoms. The summed E-state index contributed by atoms with van der Waals surface area (Å²) in [6.45, 7) is 19.2. The molecule has 308 valence electrons. The third kappa shape index (κ3) is 13.5. The second-order valence-electron chi connectivity index (χ2n) is 19.7. The largest absolute Gasteiger partial charge is 0.380 e. The van der Waals surface area contributed by atoms with E-state index in [2.05, 4.69) is 78.8 Å². The van der Waals surface area contributed by atoms with Gasteiger partial charge in [0.05, 0.1) is 25.4 Å². The van der Waals surface area contributed by atoms with Gasteiger partial charge in [-0.3, -0.25) is 0 Å². The quantitative estimate of drug-likeness (QED) is 0.0620. The summed E-state index contributed by atoms with van der Waals surface area (Å²) in [4.78, 5) is 2.24. The summed E-state index contributed by atoms with van der Waals surface area (Å²) in [7, 11) is 4.27. The molecule has 0 radical (unpaired) electrons. The highest BCUT2D eigenvalue weighted by molar-refractivity contribution is 5.25. The zero-order valence-corrected chi connectivity index (χ0v) is 36.6. The number of hydrogen-bond donors (Lipinski definition) is 0. The summed E-state index contributed by atoms with van der Waals surface area (Å²) < 4.78 is 18.7. The number of allylic oxidation sites excluding steroid dienone is 3. The van der Waals surface area contributed by atoms with E-state index in [4.69, 9.17) is 14.2 Å². The van der Waals surface area contributed by atoms with Gasteiger partial charge in [0, 0.05) is 19.8 Å². The summed E-state index contributed by atoms with van der Waals surface area (Å²) in [5.74, 6) is 5.49. The molecule has 4 heteroatoms. The van der Waals surface area contributed by atoms with Gasteiger partial charge in [0.15, 0.2) is 0 Å². The average molecular weight is 740 g/mol. The Kier molecular flexibility index (Phi) is 20.0. The SMILES string of the molecule is CCCCC/C=C\CCCOCC(COCCCCCCCO[C@H]1CC[C@@]2(C)C(=CC[C@H]3[C@@H]4CC[C@H](C(C)CCCC(C)C)[C@@]4(C)CC[C@@H]32)C1)N(C)C. The van der Waals surface area contributed by atoms with Crippen LogP contribution in [0.5, 0.6) is 0 Å². The van der Waals surface area contributed by atoms with E-state index in [1.165, 1.54) is 122 Å². The van der Waals surface area contributed by atoms with Gasteiger partial charge in [0.1, 0.15) is 0 Å². The second-order valence-corrected chi connectivity index (χ2v) is 19.7. The van der Waals surface area contributed by atoms with Crippen LogP contribution in [0.1, 0.15) is 183 Å². The van der Waals surface area contributed by atoms with Crippen molar-refractivity contribution in [1.82, 2.24) is 4.90 Å². The van der Waals surface area contributed by atoms with E-state index in [9.17, 15) is 0 Å². The van der Waals surface area contributed by atoms with Crippen molar-refractivity contribution < 1.29 is 14.2 Å². The van der Waals surface area contributed by atoms with Crippen LogP contribution in [-0.2, 0) is 14.2 Å². The third-order valence-corrected chi connectivity index (χ3v) is 15.2. The van der Waals surface area contributed by atoms with Crippen molar-refractivity contribution >= 4 is 0 Å². The van der Waals surface area contributed by atoms with Gasteiger partial charge in [-0.2, -0.15) is 0 Å². The van der Waals surface area contributed by atoms with Crippen molar-refractivity contribution in [2.45, 2.75) is 195 Å². The maximum atomic E-state index is 6.57. The lowest BCUT2D eigenvalue weighted by Gasteiger charge is -2.58.